The van der Waals surface area contributed by atoms with Gasteiger partial charge in [0.1, 0.15) is 0 Å². The predicted octanol–water partition coefficient (Wildman–Crippen LogP) is 0.0909. The smallest absolute Gasteiger partial charge is 0.314 e. The number of amides is 4. The maximum Gasteiger partial charge on any atom is 0.314 e. The summed E-state index contributed by atoms with van der Waals surface area (Å²) in [5.74, 6) is -0.602. The summed E-state index contributed by atoms with van der Waals surface area (Å²) < 4.78 is 0. The fourth-order valence-electron chi connectivity index (χ4n) is 1.81. The van der Waals surface area contributed by atoms with Gasteiger partial charge >= 0.3 is 18.0 Å². The van der Waals surface area contributed by atoms with Crippen molar-refractivity contribution < 1.29 is 19.5 Å². The molecule has 0 aromatic rings. The average molecular weight is 288 g/mol. The van der Waals surface area contributed by atoms with Crippen LogP contribution in [0.3, 0.4) is 0 Å². The van der Waals surface area contributed by atoms with Gasteiger partial charge in [0.15, 0.2) is 0 Å². The summed E-state index contributed by atoms with van der Waals surface area (Å²) in [5.41, 5.74) is 4.87. The molecular weight excluding hydrogens is 264 g/mol. The molecule has 0 aromatic carbocycles. The number of carboxylic acid groups (broad SMARTS) is 1. The summed E-state index contributed by atoms with van der Waals surface area (Å²) in [7, 11) is 0. The van der Waals surface area contributed by atoms with Crippen molar-refractivity contribution in [3.63, 3.8) is 0 Å². The van der Waals surface area contributed by atoms with Crippen LogP contribution in [0.5, 0.6) is 0 Å². The maximum atomic E-state index is 11.5. The molecule has 0 saturated heterocycles. The van der Waals surface area contributed by atoms with Crippen molar-refractivity contribution in [1.29, 1.82) is 0 Å². The van der Waals surface area contributed by atoms with E-state index in [0.29, 0.717) is 12.5 Å². The minimum atomic E-state index is -0.872. The lowest BCUT2D eigenvalue weighted by Gasteiger charge is -2.18. The zero-order valence-electron chi connectivity index (χ0n) is 11.9. The maximum absolute atomic E-state index is 11.5. The van der Waals surface area contributed by atoms with Crippen molar-refractivity contribution in [3.8, 4) is 0 Å². The Hall–Kier alpha value is -1.99. The number of nitrogens with two attached hydrogens (primary N) is 1. The molecule has 0 spiro atoms. The largest absolute Gasteiger partial charge is 0.481 e. The molecule has 0 aliphatic rings. The molecular formula is C12H24N4O4. The molecule has 0 aliphatic heterocycles. The highest BCUT2D eigenvalue weighted by Gasteiger charge is 2.15. The highest BCUT2D eigenvalue weighted by Crippen LogP contribution is 2.14. The Balaban J connectivity index is 3.91. The van der Waals surface area contributed by atoms with Crippen LogP contribution in [0.4, 0.5) is 9.59 Å². The Bertz CT molecular complexity index is 333. The molecule has 4 amide bonds. The van der Waals surface area contributed by atoms with Crippen molar-refractivity contribution in [2.45, 2.75) is 26.7 Å². The van der Waals surface area contributed by atoms with Gasteiger partial charge in [-0.1, -0.05) is 13.8 Å². The molecule has 0 unspecified atom stereocenters. The molecule has 1 atom stereocenters. The summed E-state index contributed by atoms with van der Waals surface area (Å²) in [6.07, 6.45) is 0.761. The first-order valence-electron chi connectivity index (χ1n) is 6.58. The number of nitrogens with one attached hydrogen (secondary N) is 3. The first-order valence-corrected chi connectivity index (χ1v) is 6.58. The van der Waals surface area contributed by atoms with Crippen LogP contribution in [-0.4, -0.2) is 42.8 Å². The SMILES string of the molecule is CC(C)C[C@H](CNC(=O)NCCNC(N)=O)CC(=O)O. The molecule has 20 heavy (non-hydrogen) atoms. The van der Waals surface area contributed by atoms with E-state index < -0.39 is 18.0 Å². The molecule has 0 saturated carbocycles. The molecule has 0 heterocycles. The van der Waals surface area contributed by atoms with Crippen LogP contribution in [0.25, 0.3) is 0 Å². The normalized spacial score (nSPS) is 11.8. The summed E-state index contributed by atoms with van der Waals surface area (Å²) in [5, 5.41) is 16.3. The fraction of sp³-hybridized carbons (Fsp3) is 0.750. The number of primary amides is 1. The number of urea groups is 2. The van der Waals surface area contributed by atoms with E-state index in [1.165, 1.54) is 0 Å². The number of carbonyl (C=O) groups excluding carboxylic acids is 2. The lowest BCUT2D eigenvalue weighted by molar-refractivity contribution is -0.138. The summed E-state index contributed by atoms with van der Waals surface area (Å²) in [6, 6.07) is -1.04. The molecule has 0 bridgehead atoms. The first kappa shape index (κ1) is 18.0. The molecule has 0 fully saturated rings. The zero-order chi connectivity index (χ0) is 15.5. The highest BCUT2D eigenvalue weighted by molar-refractivity contribution is 5.74. The van der Waals surface area contributed by atoms with Crippen molar-refractivity contribution in [1.82, 2.24) is 16.0 Å². The average Bonchev–Trinajstić information content (AvgIpc) is 2.30. The summed E-state index contributed by atoms with van der Waals surface area (Å²) in [4.78, 5) is 32.6. The van der Waals surface area contributed by atoms with E-state index in [1.54, 1.807) is 0 Å². The Kier molecular flexibility index (Phi) is 8.89. The first-order chi connectivity index (χ1) is 9.31. The Morgan fingerprint density at radius 3 is 2.20 bits per heavy atom. The van der Waals surface area contributed by atoms with E-state index in [0.717, 1.165) is 6.42 Å². The number of hydrogen-bond acceptors (Lipinski definition) is 3. The van der Waals surface area contributed by atoms with Gasteiger partial charge < -0.3 is 26.8 Å². The molecule has 0 aliphatic carbocycles. The Morgan fingerprint density at radius 1 is 1.10 bits per heavy atom. The van der Waals surface area contributed by atoms with E-state index >= 15 is 0 Å². The van der Waals surface area contributed by atoms with Crippen LogP contribution in [0.2, 0.25) is 0 Å². The molecule has 0 aromatic heterocycles. The Labute approximate surface area is 118 Å². The molecule has 0 radical (unpaired) electrons. The van der Waals surface area contributed by atoms with Crippen LogP contribution >= 0.6 is 0 Å². The van der Waals surface area contributed by atoms with Gasteiger partial charge in [-0.2, -0.15) is 0 Å². The van der Waals surface area contributed by atoms with E-state index in [1.807, 2.05) is 13.8 Å². The quantitative estimate of drug-likeness (QED) is 0.384. The second-order valence-electron chi connectivity index (χ2n) is 5.02. The van der Waals surface area contributed by atoms with E-state index in [9.17, 15) is 14.4 Å². The molecule has 8 heteroatoms. The zero-order valence-corrected chi connectivity index (χ0v) is 11.9. The van der Waals surface area contributed by atoms with Crippen LogP contribution in [0.1, 0.15) is 26.7 Å². The van der Waals surface area contributed by atoms with E-state index in [-0.39, 0.29) is 25.4 Å². The van der Waals surface area contributed by atoms with Crippen LogP contribution in [0, 0.1) is 11.8 Å². The molecule has 8 nitrogen and oxygen atoms in total. The van der Waals surface area contributed by atoms with Gasteiger partial charge in [0.2, 0.25) is 0 Å². The number of carbonyl (C=O) groups is 3. The van der Waals surface area contributed by atoms with Gasteiger partial charge in [-0.3, -0.25) is 4.79 Å². The van der Waals surface area contributed by atoms with Gasteiger partial charge in [-0.15, -0.1) is 0 Å². The standard InChI is InChI=1S/C12H24N4O4/c1-8(2)5-9(6-10(17)18)7-16-12(20)15-4-3-14-11(13)19/h8-9H,3-7H2,1-2H3,(H,17,18)(H3,13,14,19)(H2,15,16,20)/t9-/m0/s1. The predicted molar refractivity (Wildman–Crippen MR) is 74.2 cm³/mol. The lowest BCUT2D eigenvalue weighted by atomic mass is 9.94. The van der Waals surface area contributed by atoms with Gasteiger partial charge in [0, 0.05) is 26.1 Å². The number of aliphatic carboxylic acids is 1. The van der Waals surface area contributed by atoms with Gasteiger partial charge in [-0.25, -0.2) is 9.59 Å². The van der Waals surface area contributed by atoms with Gasteiger partial charge in [-0.05, 0) is 18.3 Å². The van der Waals surface area contributed by atoms with Crippen LogP contribution in [0.15, 0.2) is 0 Å². The topological polar surface area (TPSA) is 134 Å². The minimum Gasteiger partial charge on any atom is -0.481 e. The van der Waals surface area contributed by atoms with Gasteiger partial charge in [0.25, 0.3) is 0 Å². The molecule has 0 rings (SSSR count). The van der Waals surface area contributed by atoms with Crippen LogP contribution < -0.4 is 21.7 Å². The number of rotatable bonds is 9. The van der Waals surface area contributed by atoms with Crippen molar-refractivity contribution in [3.05, 3.63) is 0 Å². The number of carboxylic acids is 1. The molecule has 6 N–H and O–H groups in total. The summed E-state index contributed by atoms with van der Waals surface area (Å²) >= 11 is 0. The van der Waals surface area contributed by atoms with Crippen LogP contribution in [-0.2, 0) is 4.79 Å². The fourth-order valence-corrected chi connectivity index (χ4v) is 1.81. The second-order valence-corrected chi connectivity index (χ2v) is 5.02. The van der Waals surface area contributed by atoms with Gasteiger partial charge in [0.05, 0.1) is 0 Å². The van der Waals surface area contributed by atoms with E-state index in [4.69, 9.17) is 10.8 Å². The monoisotopic (exact) mass is 288 g/mol. The minimum absolute atomic E-state index is 0.0295. The van der Waals surface area contributed by atoms with Crippen molar-refractivity contribution >= 4 is 18.0 Å². The third-order valence-electron chi connectivity index (χ3n) is 2.53. The highest BCUT2D eigenvalue weighted by atomic mass is 16.4. The van der Waals surface area contributed by atoms with Crippen molar-refractivity contribution in [2.75, 3.05) is 19.6 Å². The lowest BCUT2D eigenvalue weighted by Crippen LogP contribution is -2.43. The van der Waals surface area contributed by atoms with E-state index in [2.05, 4.69) is 16.0 Å². The third kappa shape index (κ3) is 11.1. The summed E-state index contributed by atoms with van der Waals surface area (Å²) in [6.45, 7) is 4.81. The third-order valence-corrected chi connectivity index (χ3v) is 2.53. The Morgan fingerprint density at radius 2 is 1.70 bits per heavy atom. The van der Waals surface area contributed by atoms with Crippen molar-refractivity contribution in [2.24, 2.45) is 17.6 Å². The number of hydrogen-bond donors (Lipinski definition) is 5. The second kappa shape index (κ2) is 9.88. The molecule has 116 valence electrons.